The average molecular weight is 425 g/mol. The van der Waals surface area contributed by atoms with Crippen molar-refractivity contribution in [1.29, 1.82) is 0 Å². The number of aryl methyl sites for hydroxylation is 1. The Hall–Kier alpha value is -2.70. The van der Waals surface area contributed by atoms with Gasteiger partial charge in [-0.2, -0.15) is 0 Å². The third-order valence-corrected chi connectivity index (χ3v) is 5.46. The second-order valence-corrected chi connectivity index (χ2v) is 8.26. The average Bonchev–Trinajstić information content (AvgIpc) is 2.71. The number of fused-ring (bicyclic) bond motifs is 1. The number of aromatic nitrogens is 2. The van der Waals surface area contributed by atoms with Gasteiger partial charge in [-0.15, -0.1) is 0 Å². The Morgan fingerprint density at radius 1 is 1.20 bits per heavy atom. The van der Waals surface area contributed by atoms with Crippen molar-refractivity contribution in [1.82, 2.24) is 15.3 Å². The lowest BCUT2D eigenvalue weighted by Gasteiger charge is -2.36. The van der Waals surface area contributed by atoms with Gasteiger partial charge >= 0.3 is 0 Å². The number of anilines is 1. The smallest absolute Gasteiger partial charge is 0.253 e. The van der Waals surface area contributed by atoms with E-state index in [4.69, 9.17) is 16.3 Å². The van der Waals surface area contributed by atoms with Crippen LogP contribution in [0.15, 0.2) is 42.6 Å². The predicted molar refractivity (Wildman–Crippen MR) is 119 cm³/mol. The van der Waals surface area contributed by atoms with Crippen LogP contribution >= 0.6 is 11.6 Å². The summed E-state index contributed by atoms with van der Waals surface area (Å²) < 4.78 is 5.78. The standard InChI is InChI=1S/C23H25ClN4O2/c1-14-12-28(13-15(2)30-14)22-7-4-17(10-25-22)11-26-23(29)20-8-18-5-6-19(24)9-21(18)27-16(20)3/h4-10,14-15H,11-13H2,1-3H3,(H,26,29)/t14-,15-/m1/s1. The van der Waals surface area contributed by atoms with Crippen LogP contribution in [0.2, 0.25) is 5.02 Å². The number of hydrogen-bond acceptors (Lipinski definition) is 5. The fraction of sp³-hybridized carbons (Fsp3) is 0.348. The molecule has 2 aromatic heterocycles. The number of ether oxygens (including phenoxy) is 1. The fourth-order valence-electron chi connectivity index (χ4n) is 3.82. The summed E-state index contributed by atoms with van der Waals surface area (Å²) >= 11 is 6.03. The number of carbonyl (C=O) groups is 1. The molecule has 1 N–H and O–H groups in total. The zero-order valence-electron chi connectivity index (χ0n) is 17.4. The predicted octanol–water partition coefficient (Wildman–Crippen LogP) is 4.14. The number of carbonyl (C=O) groups excluding carboxylic acids is 1. The van der Waals surface area contributed by atoms with Crippen LogP contribution in [-0.4, -0.2) is 41.2 Å². The van der Waals surface area contributed by atoms with Crippen molar-refractivity contribution in [2.24, 2.45) is 0 Å². The van der Waals surface area contributed by atoms with Gasteiger partial charge in [0.2, 0.25) is 0 Å². The summed E-state index contributed by atoms with van der Waals surface area (Å²) in [5.74, 6) is 0.775. The molecule has 0 bridgehead atoms. The Labute approximate surface area is 181 Å². The van der Waals surface area contributed by atoms with E-state index >= 15 is 0 Å². The van der Waals surface area contributed by atoms with E-state index in [0.29, 0.717) is 22.8 Å². The highest BCUT2D eigenvalue weighted by Gasteiger charge is 2.23. The number of amides is 1. The van der Waals surface area contributed by atoms with Crippen molar-refractivity contribution >= 4 is 34.2 Å². The molecule has 1 fully saturated rings. The molecule has 1 aromatic carbocycles. The summed E-state index contributed by atoms with van der Waals surface area (Å²) in [5.41, 5.74) is 2.96. The van der Waals surface area contributed by atoms with Crippen molar-refractivity contribution in [2.75, 3.05) is 18.0 Å². The summed E-state index contributed by atoms with van der Waals surface area (Å²) in [7, 11) is 0. The third kappa shape index (κ3) is 4.55. The van der Waals surface area contributed by atoms with Gasteiger partial charge < -0.3 is 15.0 Å². The van der Waals surface area contributed by atoms with Crippen LogP contribution in [0.25, 0.3) is 10.9 Å². The first-order chi connectivity index (χ1) is 14.4. The Bertz CT molecular complexity index is 1060. The van der Waals surface area contributed by atoms with Crippen LogP contribution in [-0.2, 0) is 11.3 Å². The number of nitrogens with one attached hydrogen (secondary N) is 1. The fourth-order valence-corrected chi connectivity index (χ4v) is 3.98. The van der Waals surface area contributed by atoms with Crippen LogP contribution in [0, 0.1) is 6.92 Å². The molecule has 0 saturated carbocycles. The molecule has 1 saturated heterocycles. The second kappa shape index (κ2) is 8.58. The molecular formula is C23H25ClN4O2. The van der Waals surface area contributed by atoms with E-state index in [1.807, 2.05) is 37.4 Å². The highest BCUT2D eigenvalue weighted by Crippen LogP contribution is 2.21. The van der Waals surface area contributed by atoms with Crippen LogP contribution < -0.4 is 10.2 Å². The quantitative estimate of drug-likeness (QED) is 0.681. The monoisotopic (exact) mass is 424 g/mol. The largest absolute Gasteiger partial charge is 0.372 e. The van der Waals surface area contributed by atoms with Gasteiger partial charge in [-0.25, -0.2) is 4.98 Å². The minimum absolute atomic E-state index is 0.156. The van der Waals surface area contributed by atoms with Crippen LogP contribution in [0.3, 0.4) is 0 Å². The van der Waals surface area contributed by atoms with Gasteiger partial charge in [0, 0.05) is 36.2 Å². The maximum atomic E-state index is 12.7. The molecule has 6 nitrogen and oxygen atoms in total. The highest BCUT2D eigenvalue weighted by molar-refractivity contribution is 6.31. The van der Waals surface area contributed by atoms with Gasteiger partial charge in [0.05, 0.1) is 29.0 Å². The van der Waals surface area contributed by atoms with Crippen molar-refractivity contribution in [3.8, 4) is 0 Å². The van der Waals surface area contributed by atoms with Gasteiger partial charge in [0.25, 0.3) is 5.91 Å². The van der Waals surface area contributed by atoms with Crippen molar-refractivity contribution in [3.05, 3.63) is 64.4 Å². The van der Waals surface area contributed by atoms with Gasteiger partial charge in [0.1, 0.15) is 5.82 Å². The van der Waals surface area contributed by atoms with Gasteiger partial charge in [-0.3, -0.25) is 9.78 Å². The normalized spacial score (nSPS) is 19.1. The first-order valence-corrected chi connectivity index (χ1v) is 10.5. The third-order valence-electron chi connectivity index (χ3n) is 5.22. The van der Waals surface area contributed by atoms with Crippen LogP contribution in [0.1, 0.15) is 35.5 Å². The second-order valence-electron chi connectivity index (χ2n) is 7.83. The lowest BCUT2D eigenvalue weighted by Crippen LogP contribution is -2.45. The van der Waals surface area contributed by atoms with E-state index in [-0.39, 0.29) is 18.1 Å². The van der Waals surface area contributed by atoms with Gasteiger partial charge in [-0.05, 0) is 50.6 Å². The Balaban J connectivity index is 1.42. The number of morpholine rings is 1. The van der Waals surface area contributed by atoms with E-state index in [0.717, 1.165) is 35.4 Å². The summed E-state index contributed by atoms with van der Waals surface area (Å²) in [6.07, 6.45) is 2.18. The summed E-state index contributed by atoms with van der Waals surface area (Å²) in [6.45, 7) is 8.03. The summed E-state index contributed by atoms with van der Waals surface area (Å²) in [6, 6.07) is 11.3. The van der Waals surface area contributed by atoms with Gasteiger partial charge in [0.15, 0.2) is 0 Å². The maximum Gasteiger partial charge on any atom is 0.253 e. The van der Waals surface area contributed by atoms with E-state index in [1.54, 1.807) is 12.1 Å². The van der Waals surface area contributed by atoms with Crippen LogP contribution in [0.4, 0.5) is 5.82 Å². The Kier molecular flexibility index (Phi) is 5.88. The number of halogens is 1. The van der Waals surface area contributed by atoms with Crippen molar-refractivity contribution < 1.29 is 9.53 Å². The molecule has 1 aliphatic heterocycles. The zero-order valence-corrected chi connectivity index (χ0v) is 18.1. The maximum absolute atomic E-state index is 12.7. The highest BCUT2D eigenvalue weighted by atomic mass is 35.5. The molecule has 0 aliphatic carbocycles. The molecule has 0 radical (unpaired) electrons. The number of hydrogen-bond donors (Lipinski definition) is 1. The first kappa shape index (κ1) is 20.6. The zero-order chi connectivity index (χ0) is 21.3. The number of rotatable bonds is 4. The van der Waals surface area contributed by atoms with Gasteiger partial charge in [-0.1, -0.05) is 23.7 Å². The molecular weight excluding hydrogens is 400 g/mol. The van der Waals surface area contributed by atoms with Crippen molar-refractivity contribution in [2.45, 2.75) is 39.5 Å². The van der Waals surface area contributed by atoms with E-state index < -0.39 is 0 Å². The molecule has 3 aromatic rings. The van der Waals surface area contributed by atoms with E-state index in [9.17, 15) is 4.79 Å². The molecule has 0 spiro atoms. The van der Waals surface area contributed by atoms with E-state index in [2.05, 4.69) is 34.0 Å². The molecule has 1 aliphatic rings. The van der Waals surface area contributed by atoms with E-state index in [1.165, 1.54) is 0 Å². The molecule has 156 valence electrons. The SMILES string of the molecule is Cc1nc2cc(Cl)ccc2cc1C(=O)NCc1ccc(N2C[C@@H](C)O[C@H](C)C2)nc1. The molecule has 3 heterocycles. The Morgan fingerprint density at radius 3 is 2.67 bits per heavy atom. The lowest BCUT2D eigenvalue weighted by atomic mass is 10.1. The first-order valence-electron chi connectivity index (χ1n) is 10.1. The minimum atomic E-state index is -0.156. The molecule has 0 unspecified atom stereocenters. The number of nitrogens with zero attached hydrogens (tertiary/aromatic N) is 3. The molecule has 4 rings (SSSR count). The topological polar surface area (TPSA) is 67.4 Å². The number of pyridine rings is 2. The number of benzene rings is 1. The lowest BCUT2D eigenvalue weighted by molar-refractivity contribution is -0.00546. The summed E-state index contributed by atoms with van der Waals surface area (Å²) in [5, 5.41) is 4.48. The minimum Gasteiger partial charge on any atom is -0.372 e. The van der Waals surface area contributed by atoms with Crippen LogP contribution in [0.5, 0.6) is 0 Å². The molecule has 30 heavy (non-hydrogen) atoms. The Morgan fingerprint density at radius 2 is 1.97 bits per heavy atom. The molecule has 7 heteroatoms. The summed E-state index contributed by atoms with van der Waals surface area (Å²) in [4.78, 5) is 24.0. The molecule has 2 atom stereocenters. The van der Waals surface area contributed by atoms with Crippen molar-refractivity contribution in [3.63, 3.8) is 0 Å². The molecule has 1 amide bonds.